The maximum atomic E-state index is 12.4. The Morgan fingerprint density at radius 3 is 2.20 bits per heavy atom. The van der Waals surface area contributed by atoms with Gasteiger partial charge in [0.15, 0.2) is 0 Å². The Bertz CT molecular complexity index is 450. The fourth-order valence-electron chi connectivity index (χ4n) is 3.99. The number of likely N-dealkylation sites (N-methyl/N-ethyl adjacent to an activating group) is 1. The summed E-state index contributed by atoms with van der Waals surface area (Å²) in [6, 6.07) is 0. The Morgan fingerprint density at radius 1 is 0.920 bits per heavy atom. The molecule has 0 unspecified atom stereocenters. The Hall–Kier alpha value is -1.14. The number of hydrogen-bond acceptors (Lipinski definition) is 4. The Labute approximate surface area is 151 Å². The van der Waals surface area contributed by atoms with Gasteiger partial charge in [0.25, 0.3) is 0 Å². The normalized spacial score (nSPS) is 24.1. The SMILES string of the molecule is CN1CCN(C(=O)CC2CCN(CC(=O)NCC3CCC3)CC2)CC1. The minimum Gasteiger partial charge on any atom is -0.355 e. The molecule has 2 saturated heterocycles. The summed E-state index contributed by atoms with van der Waals surface area (Å²) >= 11 is 0. The van der Waals surface area contributed by atoms with E-state index in [4.69, 9.17) is 0 Å². The van der Waals surface area contributed by atoms with Gasteiger partial charge in [0, 0.05) is 39.1 Å². The smallest absolute Gasteiger partial charge is 0.234 e. The average Bonchev–Trinajstić information content (AvgIpc) is 2.56. The molecule has 0 aromatic rings. The number of nitrogens with zero attached hydrogens (tertiary/aromatic N) is 3. The van der Waals surface area contributed by atoms with E-state index < -0.39 is 0 Å². The number of nitrogens with one attached hydrogen (secondary N) is 1. The van der Waals surface area contributed by atoms with Crippen molar-refractivity contribution < 1.29 is 9.59 Å². The lowest BCUT2D eigenvalue weighted by Crippen LogP contribution is -2.48. The summed E-state index contributed by atoms with van der Waals surface area (Å²) in [4.78, 5) is 31.0. The molecule has 1 N–H and O–H groups in total. The van der Waals surface area contributed by atoms with Crippen LogP contribution in [0, 0.1) is 11.8 Å². The Kier molecular flexibility index (Phi) is 6.70. The molecule has 25 heavy (non-hydrogen) atoms. The van der Waals surface area contributed by atoms with Crippen molar-refractivity contribution in [3.63, 3.8) is 0 Å². The first-order valence-electron chi connectivity index (χ1n) is 10.1. The molecule has 0 aromatic heterocycles. The largest absolute Gasteiger partial charge is 0.355 e. The van der Waals surface area contributed by atoms with Gasteiger partial charge in [-0.25, -0.2) is 0 Å². The molecule has 142 valence electrons. The van der Waals surface area contributed by atoms with Gasteiger partial charge < -0.3 is 15.1 Å². The highest BCUT2D eigenvalue weighted by molar-refractivity contribution is 5.78. The molecule has 3 fully saturated rings. The molecule has 0 atom stereocenters. The lowest BCUT2D eigenvalue weighted by atomic mass is 9.85. The molecule has 0 bridgehead atoms. The van der Waals surface area contributed by atoms with Gasteiger partial charge in [-0.3, -0.25) is 14.5 Å². The monoisotopic (exact) mass is 350 g/mol. The summed E-state index contributed by atoms with van der Waals surface area (Å²) in [6.07, 6.45) is 6.62. The van der Waals surface area contributed by atoms with Crippen LogP contribution in [0.5, 0.6) is 0 Å². The van der Waals surface area contributed by atoms with Gasteiger partial charge in [-0.1, -0.05) is 6.42 Å². The van der Waals surface area contributed by atoms with E-state index in [0.29, 0.717) is 24.8 Å². The molecular formula is C19H34N4O2. The molecule has 2 heterocycles. The number of carbonyl (C=O) groups is 2. The molecule has 0 aromatic carbocycles. The number of likely N-dealkylation sites (tertiary alicyclic amines) is 1. The lowest BCUT2D eigenvalue weighted by molar-refractivity contribution is -0.134. The van der Waals surface area contributed by atoms with Crippen LogP contribution in [-0.2, 0) is 9.59 Å². The zero-order chi connectivity index (χ0) is 17.6. The summed E-state index contributed by atoms with van der Waals surface area (Å²) in [6.45, 7) is 6.97. The lowest BCUT2D eigenvalue weighted by Gasteiger charge is -2.35. The third kappa shape index (κ3) is 5.68. The summed E-state index contributed by atoms with van der Waals surface area (Å²) in [5.74, 6) is 1.69. The van der Waals surface area contributed by atoms with Crippen LogP contribution in [0.4, 0.5) is 0 Å². The van der Waals surface area contributed by atoms with Gasteiger partial charge in [-0.05, 0) is 57.7 Å². The third-order valence-electron chi connectivity index (χ3n) is 6.21. The van der Waals surface area contributed by atoms with Crippen LogP contribution in [0.1, 0.15) is 38.5 Å². The van der Waals surface area contributed by atoms with Crippen molar-refractivity contribution in [2.45, 2.75) is 38.5 Å². The number of amides is 2. The number of piperazine rings is 1. The molecular weight excluding hydrogens is 316 g/mol. The zero-order valence-electron chi connectivity index (χ0n) is 15.7. The van der Waals surface area contributed by atoms with Crippen molar-refractivity contribution in [1.29, 1.82) is 0 Å². The first-order valence-corrected chi connectivity index (χ1v) is 10.1. The van der Waals surface area contributed by atoms with E-state index in [1.807, 2.05) is 4.90 Å². The van der Waals surface area contributed by atoms with Gasteiger partial charge in [-0.15, -0.1) is 0 Å². The average molecular weight is 351 g/mol. The second-order valence-electron chi connectivity index (χ2n) is 8.21. The second-order valence-corrected chi connectivity index (χ2v) is 8.21. The van der Waals surface area contributed by atoms with E-state index in [2.05, 4.69) is 22.2 Å². The molecule has 3 rings (SSSR count). The van der Waals surface area contributed by atoms with E-state index in [1.54, 1.807) is 0 Å². The van der Waals surface area contributed by atoms with Crippen LogP contribution in [0.25, 0.3) is 0 Å². The molecule has 3 aliphatic rings. The van der Waals surface area contributed by atoms with Gasteiger partial charge in [-0.2, -0.15) is 0 Å². The molecule has 0 spiro atoms. The molecule has 1 saturated carbocycles. The van der Waals surface area contributed by atoms with E-state index in [-0.39, 0.29) is 5.91 Å². The van der Waals surface area contributed by atoms with Crippen LogP contribution in [0.3, 0.4) is 0 Å². The van der Waals surface area contributed by atoms with Crippen LogP contribution < -0.4 is 5.32 Å². The molecule has 6 heteroatoms. The summed E-state index contributed by atoms with van der Waals surface area (Å²) in [7, 11) is 2.11. The van der Waals surface area contributed by atoms with Crippen LogP contribution in [-0.4, -0.2) is 85.9 Å². The quantitative estimate of drug-likeness (QED) is 0.769. The molecule has 6 nitrogen and oxygen atoms in total. The van der Waals surface area contributed by atoms with Gasteiger partial charge >= 0.3 is 0 Å². The highest BCUT2D eigenvalue weighted by Gasteiger charge is 2.26. The Morgan fingerprint density at radius 2 is 1.60 bits per heavy atom. The summed E-state index contributed by atoms with van der Waals surface area (Å²) in [5.41, 5.74) is 0. The van der Waals surface area contributed by atoms with E-state index >= 15 is 0 Å². The van der Waals surface area contributed by atoms with E-state index in [9.17, 15) is 9.59 Å². The van der Waals surface area contributed by atoms with Crippen LogP contribution in [0.2, 0.25) is 0 Å². The first kappa shape index (κ1) is 18.6. The number of piperidine rings is 1. The van der Waals surface area contributed by atoms with Crippen molar-refractivity contribution in [3.05, 3.63) is 0 Å². The van der Waals surface area contributed by atoms with E-state index in [0.717, 1.165) is 64.6 Å². The van der Waals surface area contributed by atoms with Crippen molar-refractivity contribution >= 4 is 11.8 Å². The third-order valence-corrected chi connectivity index (χ3v) is 6.21. The highest BCUT2D eigenvalue weighted by Crippen LogP contribution is 2.25. The van der Waals surface area contributed by atoms with Gasteiger partial charge in [0.2, 0.25) is 11.8 Å². The zero-order valence-corrected chi connectivity index (χ0v) is 15.7. The van der Waals surface area contributed by atoms with Crippen LogP contribution in [0.15, 0.2) is 0 Å². The number of hydrogen-bond donors (Lipinski definition) is 1. The molecule has 2 amide bonds. The molecule has 2 aliphatic heterocycles. The minimum absolute atomic E-state index is 0.166. The fraction of sp³-hybridized carbons (Fsp3) is 0.895. The van der Waals surface area contributed by atoms with Crippen molar-refractivity contribution in [3.8, 4) is 0 Å². The highest BCUT2D eigenvalue weighted by atomic mass is 16.2. The maximum absolute atomic E-state index is 12.4. The maximum Gasteiger partial charge on any atom is 0.234 e. The van der Waals surface area contributed by atoms with Crippen molar-refractivity contribution in [2.75, 3.05) is 59.4 Å². The number of rotatable bonds is 6. The molecule has 0 radical (unpaired) electrons. The summed E-state index contributed by atoms with van der Waals surface area (Å²) < 4.78 is 0. The van der Waals surface area contributed by atoms with Gasteiger partial charge in [0.1, 0.15) is 0 Å². The fourth-order valence-corrected chi connectivity index (χ4v) is 3.99. The second kappa shape index (κ2) is 8.99. The topological polar surface area (TPSA) is 55.9 Å². The van der Waals surface area contributed by atoms with Crippen molar-refractivity contribution in [1.82, 2.24) is 20.0 Å². The summed E-state index contributed by atoms with van der Waals surface area (Å²) in [5, 5.41) is 3.08. The molecule has 1 aliphatic carbocycles. The van der Waals surface area contributed by atoms with Crippen LogP contribution >= 0.6 is 0 Å². The van der Waals surface area contributed by atoms with E-state index in [1.165, 1.54) is 19.3 Å². The van der Waals surface area contributed by atoms with Gasteiger partial charge in [0.05, 0.1) is 6.54 Å². The predicted molar refractivity (Wildman–Crippen MR) is 98.2 cm³/mol. The minimum atomic E-state index is 0.166. The predicted octanol–water partition coefficient (Wildman–Crippen LogP) is 0.779. The Balaban J connectivity index is 1.30. The standard InChI is InChI=1S/C19H34N4O2/c1-21-9-11-23(12-10-21)19(25)13-16-5-7-22(8-6-16)15-18(24)20-14-17-3-2-4-17/h16-17H,2-15H2,1H3,(H,20,24). The van der Waals surface area contributed by atoms with Crippen molar-refractivity contribution in [2.24, 2.45) is 11.8 Å². The first-order chi connectivity index (χ1) is 12.1. The number of carbonyl (C=O) groups excluding carboxylic acids is 2.